The molecule has 6 heteroatoms. The van der Waals surface area contributed by atoms with Crippen LogP contribution in [0.4, 0.5) is 0 Å². The van der Waals surface area contributed by atoms with Gasteiger partial charge >= 0.3 is 0 Å². The summed E-state index contributed by atoms with van der Waals surface area (Å²) in [6.45, 7) is 3.01. The first-order valence-corrected chi connectivity index (χ1v) is 9.43. The lowest BCUT2D eigenvalue weighted by Gasteiger charge is -2.24. The summed E-state index contributed by atoms with van der Waals surface area (Å²) >= 11 is 0. The molecule has 1 atom stereocenters. The molecule has 1 aromatic heterocycles. The molecule has 0 N–H and O–H groups in total. The number of hydrogen-bond acceptors (Lipinski definition) is 5. The summed E-state index contributed by atoms with van der Waals surface area (Å²) in [5, 5.41) is 4.03. The molecular weight excluding hydrogens is 356 g/mol. The van der Waals surface area contributed by atoms with E-state index in [0.717, 1.165) is 30.5 Å². The summed E-state index contributed by atoms with van der Waals surface area (Å²) in [4.78, 5) is 15.0. The molecule has 1 saturated heterocycles. The highest BCUT2D eigenvalue weighted by Crippen LogP contribution is 2.37. The predicted octanol–water partition coefficient (Wildman–Crippen LogP) is 4.36. The lowest BCUT2D eigenvalue weighted by Crippen LogP contribution is -2.30. The highest BCUT2D eigenvalue weighted by molar-refractivity contribution is 5.93. The highest BCUT2D eigenvalue weighted by atomic mass is 16.7. The Hall–Kier alpha value is -3.28. The molecule has 0 saturated carbocycles. The van der Waals surface area contributed by atoms with Gasteiger partial charge in [0, 0.05) is 18.2 Å². The molecule has 5 rings (SSSR count). The normalized spacial score (nSPS) is 17.9. The van der Waals surface area contributed by atoms with Crippen molar-refractivity contribution < 1.29 is 18.8 Å². The zero-order valence-electron chi connectivity index (χ0n) is 15.6. The van der Waals surface area contributed by atoms with E-state index in [1.54, 1.807) is 6.07 Å². The van der Waals surface area contributed by atoms with E-state index in [0.29, 0.717) is 23.0 Å². The van der Waals surface area contributed by atoms with E-state index >= 15 is 0 Å². The molecule has 2 aromatic carbocycles. The molecule has 142 valence electrons. The van der Waals surface area contributed by atoms with E-state index in [1.807, 2.05) is 23.1 Å². The monoisotopic (exact) mass is 376 g/mol. The molecule has 28 heavy (non-hydrogen) atoms. The second kappa shape index (κ2) is 6.71. The minimum atomic E-state index is -0.0983. The van der Waals surface area contributed by atoms with Crippen molar-refractivity contribution in [3.05, 3.63) is 65.4 Å². The number of carbonyl (C=O) groups excluding carboxylic acids is 1. The van der Waals surface area contributed by atoms with Crippen LogP contribution in [-0.2, 0) is 0 Å². The van der Waals surface area contributed by atoms with Crippen molar-refractivity contribution >= 4 is 5.91 Å². The maximum atomic E-state index is 13.1. The first-order chi connectivity index (χ1) is 13.7. The number of rotatable bonds is 3. The molecule has 1 fully saturated rings. The Labute approximate surface area is 162 Å². The molecule has 0 aliphatic carbocycles. The first kappa shape index (κ1) is 16.9. The Balaban J connectivity index is 1.39. The first-order valence-electron chi connectivity index (χ1n) is 9.43. The van der Waals surface area contributed by atoms with Gasteiger partial charge in [0.1, 0.15) is 0 Å². The predicted molar refractivity (Wildman–Crippen MR) is 102 cm³/mol. The average molecular weight is 376 g/mol. The van der Waals surface area contributed by atoms with Gasteiger partial charge < -0.3 is 18.9 Å². The van der Waals surface area contributed by atoms with Gasteiger partial charge in [-0.25, -0.2) is 0 Å². The lowest BCUT2D eigenvalue weighted by atomic mass is 10.0. The van der Waals surface area contributed by atoms with Crippen LogP contribution in [0, 0.1) is 6.92 Å². The van der Waals surface area contributed by atoms with E-state index in [4.69, 9.17) is 14.0 Å². The highest BCUT2D eigenvalue weighted by Gasteiger charge is 2.32. The average Bonchev–Trinajstić information content (AvgIpc) is 3.47. The van der Waals surface area contributed by atoms with Gasteiger partial charge in [-0.15, -0.1) is 0 Å². The number of hydrogen-bond donors (Lipinski definition) is 0. The van der Waals surface area contributed by atoms with Crippen molar-refractivity contribution in [2.24, 2.45) is 0 Å². The van der Waals surface area contributed by atoms with Crippen molar-refractivity contribution in [2.45, 2.75) is 25.8 Å². The molecule has 1 unspecified atom stereocenters. The Morgan fingerprint density at radius 3 is 2.75 bits per heavy atom. The molecule has 2 aliphatic rings. The van der Waals surface area contributed by atoms with E-state index < -0.39 is 0 Å². The molecule has 3 aromatic rings. The van der Waals surface area contributed by atoms with Crippen LogP contribution in [0.5, 0.6) is 11.5 Å². The zero-order valence-corrected chi connectivity index (χ0v) is 15.6. The molecule has 0 spiro atoms. The van der Waals surface area contributed by atoms with Gasteiger partial charge in [-0.1, -0.05) is 35.0 Å². The maximum absolute atomic E-state index is 13.1. The van der Waals surface area contributed by atoms with Crippen LogP contribution in [0.15, 0.2) is 53.1 Å². The van der Waals surface area contributed by atoms with Crippen molar-refractivity contribution in [3.63, 3.8) is 0 Å². The number of ether oxygens (including phenoxy) is 2. The number of likely N-dealkylation sites (tertiary alicyclic amines) is 1. The van der Waals surface area contributed by atoms with Crippen molar-refractivity contribution in [1.29, 1.82) is 0 Å². The number of fused-ring (bicyclic) bond motifs is 1. The van der Waals surface area contributed by atoms with Gasteiger partial charge in [-0.3, -0.25) is 4.79 Å². The van der Waals surface area contributed by atoms with Crippen molar-refractivity contribution in [3.8, 4) is 22.8 Å². The number of nitrogens with zero attached hydrogens (tertiary/aromatic N) is 2. The fourth-order valence-electron chi connectivity index (χ4n) is 3.85. The third-order valence-electron chi connectivity index (χ3n) is 5.36. The van der Waals surface area contributed by atoms with Crippen LogP contribution in [0.1, 0.15) is 40.5 Å². The molecule has 0 bridgehead atoms. The number of carbonyl (C=O) groups is 1. The van der Waals surface area contributed by atoms with Gasteiger partial charge in [-0.2, -0.15) is 0 Å². The third-order valence-corrected chi connectivity index (χ3v) is 5.36. The second-order valence-corrected chi connectivity index (χ2v) is 7.21. The summed E-state index contributed by atoms with van der Waals surface area (Å²) in [5.74, 6) is 1.81. The van der Waals surface area contributed by atoms with Crippen molar-refractivity contribution in [2.75, 3.05) is 13.3 Å². The summed E-state index contributed by atoms with van der Waals surface area (Å²) in [5.41, 5.74) is 3.50. The molecular formula is C22H20N2O4. The minimum absolute atomic E-state index is 0.0822. The number of benzene rings is 2. The van der Waals surface area contributed by atoms with E-state index in [2.05, 4.69) is 36.3 Å². The van der Waals surface area contributed by atoms with E-state index in [1.165, 1.54) is 5.56 Å². The Morgan fingerprint density at radius 1 is 1.07 bits per heavy atom. The Morgan fingerprint density at radius 2 is 1.89 bits per heavy atom. The SMILES string of the molecule is Cc1ccc(C2CCCN2C(=O)c2cc(-c3ccc4c(c3)OCO4)on2)cc1. The second-order valence-electron chi connectivity index (χ2n) is 7.21. The van der Waals surface area contributed by atoms with E-state index in [9.17, 15) is 4.79 Å². The van der Waals surface area contributed by atoms with Crippen LogP contribution in [0.25, 0.3) is 11.3 Å². The Kier molecular flexibility index (Phi) is 4.04. The standard InChI is InChI=1S/C22H20N2O4/c1-14-4-6-15(7-5-14)18-3-2-10-24(18)22(25)17-12-20(28-23-17)16-8-9-19-21(11-16)27-13-26-19/h4-9,11-12,18H,2-3,10,13H2,1H3. The lowest BCUT2D eigenvalue weighted by molar-refractivity contribution is 0.0725. The molecule has 1 amide bonds. The topological polar surface area (TPSA) is 64.8 Å². The fourth-order valence-corrected chi connectivity index (χ4v) is 3.85. The van der Waals surface area contributed by atoms with Gasteiger partial charge in [0.05, 0.1) is 6.04 Å². The number of aromatic nitrogens is 1. The smallest absolute Gasteiger partial charge is 0.276 e. The third kappa shape index (κ3) is 2.91. The molecule has 3 heterocycles. The van der Waals surface area contributed by atoms with Gasteiger partial charge in [0.2, 0.25) is 6.79 Å². The van der Waals surface area contributed by atoms with Crippen LogP contribution < -0.4 is 9.47 Å². The maximum Gasteiger partial charge on any atom is 0.276 e. The summed E-state index contributed by atoms with van der Waals surface area (Å²) in [6, 6.07) is 15.7. The van der Waals surface area contributed by atoms with Gasteiger partial charge in [0.15, 0.2) is 23.0 Å². The number of amides is 1. The zero-order chi connectivity index (χ0) is 19.1. The summed E-state index contributed by atoms with van der Waals surface area (Å²) in [6.07, 6.45) is 1.94. The quantitative estimate of drug-likeness (QED) is 0.680. The largest absolute Gasteiger partial charge is 0.454 e. The number of aryl methyl sites for hydroxylation is 1. The van der Waals surface area contributed by atoms with Crippen molar-refractivity contribution in [1.82, 2.24) is 10.1 Å². The van der Waals surface area contributed by atoms with Crippen LogP contribution in [-0.4, -0.2) is 29.3 Å². The molecule has 6 nitrogen and oxygen atoms in total. The Bertz CT molecular complexity index is 1030. The molecule has 2 aliphatic heterocycles. The van der Waals surface area contributed by atoms with Gasteiger partial charge in [0.25, 0.3) is 5.91 Å². The fraction of sp³-hybridized carbons (Fsp3) is 0.273. The van der Waals surface area contributed by atoms with Crippen LogP contribution in [0.2, 0.25) is 0 Å². The van der Waals surface area contributed by atoms with Crippen LogP contribution >= 0.6 is 0 Å². The molecule has 0 radical (unpaired) electrons. The summed E-state index contributed by atoms with van der Waals surface area (Å²) < 4.78 is 16.2. The summed E-state index contributed by atoms with van der Waals surface area (Å²) in [7, 11) is 0. The minimum Gasteiger partial charge on any atom is -0.454 e. The van der Waals surface area contributed by atoms with Crippen LogP contribution in [0.3, 0.4) is 0 Å². The van der Waals surface area contributed by atoms with E-state index in [-0.39, 0.29) is 18.7 Å². The van der Waals surface area contributed by atoms with Gasteiger partial charge in [-0.05, 0) is 43.5 Å².